The quantitative estimate of drug-likeness (QED) is 0.486. The van der Waals surface area contributed by atoms with Gasteiger partial charge in [0, 0.05) is 41.5 Å². The Morgan fingerprint density at radius 3 is 2.83 bits per heavy atom. The van der Waals surface area contributed by atoms with Crippen molar-refractivity contribution in [2.75, 3.05) is 5.32 Å². The van der Waals surface area contributed by atoms with E-state index in [1.165, 1.54) is 27.0 Å². The number of hydrogen-bond acceptors (Lipinski definition) is 5. The Kier molecular flexibility index (Phi) is 5.51. The Bertz CT molecular complexity index is 1220. The van der Waals surface area contributed by atoms with Gasteiger partial charge in [0.25, 0.3) is 0 Å². The molecule has 148 valence electrons. The highest BCUT2D eigenvalue weighted by molar-refractivity contribution is 7.15. The van der Waals surface area contributed by atoms with E-state index in [4.69, 9.17) is 16.0 Å². The lowest BCUT2D eigenvalue weighted by atomic mass is 10.1. The molecule has 1 N–H and O–H groups in total. The van der Waals surface area contributed by atoms with Crippen molar-refractivity contribution in [2.24, 2.45) is 0 Å². The van der Waals surface area contributed by atoms with Crippen LogP contribution in [-0.4, -0.2) is 15.5 Å². The predicted molar refractivity (Wildman–Crippen MR) is 115 cm³/mol. The fourth-order valence-electron chi connectivity index (χ4n) is 3.00. The van der Waals surface area contributed by atoms with Crippen LogP contribution < -0.4 is 11.1 Å². The van der Waals surface area contributed by atoms with Crippen molar-refractivity contribution in [3.05, 3.63) is 80.2 Å². The largest absolute Gasteiger partial charge is 0.419 e. The van der Waals surface area contributed by atoms with E-state index in [0.717, 1.165) is 11.3 Å². The van der Waals surface area contributed by atoms with Crippen LogP contribution >= 0.6 is 22.9 Å². The van der Waals surface area contributed by atoms with E-state index in [0.29, 0.717) is 21.3 Å². The summed E-state index contributed by atoms with van der Waals surface area (Å²) in [7, 11) is 0. The molecule has 2 aromatic carbocycles. The minimum Gasteiger partial charge on any atom is -0.408 e. The maximum absolute atomic E-state index is 12.3. The SMILES string of the molecule is Cc1ccc(Cc2cnc(NC(=O)CCn3c(=O)oc4cc(Cl)ccc43)s2)cc1. The summed E-state index contributed by atoms with van der Waals surface area (Å²) in [6.07, 6.45) is 2.68. The standard InChI is InChI=1S/C21H18ClN3O3S/c1-13-2-4-14(5-3-13)10-16-12-23-20(29-16)24-19(26)8-9-25-17-7-6-15(22)11-18(17)28-21(25)27/h2-7,11-12H,8-10H2,1H3,(H,23,24,26). The molecule has 4 aromatic rings. The van der Waals surface area contributed by atoms with Crippen LogP contribution in [0.4, 0.5) is 5.13 Å². The fourth-order valence-corrected chi connectivity index (χ4v) is 4.03. The van der Waals surface area contributed by atoms with Crippen LogP contribution in [0.5, 0.6) is 0 Å². The van der Waals surface area contributed by atoms with Gasteiger partial charge in [0.2, 0.25) is 5.91 Å². The lowest BCUT2D eigenvalue weighted by Gasteiger charge is -2.03. The third kappa shape index (κ3) is 4.58. The van der Waals surface area contributed by atoms with Gasteiger partial charge in [0.15, 0.2) is 10.7 Å². The third-order valence-electron chi connectivity index (χ3n) is 4.49. The molecule has 0 unspecified atom stereocenters. The molecule has 0 aliphatic rings. The molecule has 0 aliphatic heterocycles. The first-order chi connectivity index (χ1) is 14.0. The molecule has 0 radical (unpaired) electrons. The van der Waals surface area contributed by atoms with Crippen molar-refractivity contribution >= 4 is 45.1 Å². The zero-order valence-electron chi connectivity index (χ0n) is 15.6. The van der Waals surface area contributed by atoms with Crippen molar-refractivity contribution in [3.8, 4) is 0 Å². The molecule has 0 atom stereocenters. The van der Waals surface area contributed by atoms with Crippen LogP contribution in [0.25, 0.3) is 11.1 Å². The second-order valence-electron chi connectivity index (χ2n) is 6.72. The first-order valence-corrected chi connectivity index (χ1v) is 10.3. The molecule has 0 saturated heterocycles. The van der Waals surface area contributed by atoms with Crippen LogP contribution in [0.15, 0.2) is 57.9 Å². The predicted octanol–water partition coefficient (Wildman–Crippen LogP) is 4.63. The smallest absolute Gasteiger partial charge is 0.408 e. The summed E-state index contributed by atoms with van der Waals surface area (Å²) in [6, 6.07) is 13.3. The molecule has 6 nitrogen and oxygen atoms in total. The number of nitrogens with zero attached hydrogens (tertiary/aromatic N) is 2. The van der Waals surface area contributed by atoms with Gasteiger partial charge < -0.3 is 9.73 Å². The van der Waals surface area contributed by atoms with E-state index in [9.17, 15) is 9.59 Å². The van der Waals surface area contributed by atoms with Crippen molar-refractivity contribution < 1.29 is 9.21 Å². The maximum atomic E-state index is 12.3. The molecule has 0 saturated carbocycles. The van der Waals surface area contributed by atoms with E-state index in [2.05, 4.69) is 41.5 Å². The monoisotopic (exact) mass is 427 g/mol. The van der Waals surface area contributed by atoms with Gasteiger partial charge >= 0.3 is 5.76 Å². The van der Waals surface area contributed by atoms with Crippen molar-refractivity contribution in [3.63, 3.8) is 0 Å². The molecule has 2 heterocycles. The number of amides is 1. The van der Waals surface area contributed by atoms with Crippen LogP contribution in [0.1, 0.15) is 22.4 Å². The molecular formula is C21H18ClN3O3S. The molecule has 0 fully saturated rings. The van der Waals surface area contributed by atoms with Crippen molar-refractivity contribution in [1.82, 2.24) is 9.55 Å². The molecule has 0 spiro atoms. The highest BCUT2D eigenvalue weighted by atomic mass is 35.5. The van der Waals surface area contributed by atoms with Crippen LogP contribution in [0.2, 0.25) is 5.02 Å². The normalized spacial score (nSPS) is 11.1. The van der Waals surface area contributed by atoms with E-state index in [1.54, 1.807) is 24.4 Å². The van der Waals surface area contributed by atoms with Crippen LogP contribution in [-0.2, 0) is 17.8 Å². The molecule has 4 rings (SSSR count). The van der Waals surface area contributed by atoms with Gasteiger partial charge in [-0.25, -0.2) is 9.78 Å². The number of carbonyl (C=O) groups is 1. The molecule has 0 bridgehead atoms. The maximum Gasteiger partial charge on any atom is 0.419 e. The number of benzene rings is 2. The summed E-state index contributed by atoms with van der Waals surface area (Å²) < 4.78 is 6.61. The van der Waals surface area contributed by atoms with Gasteiger partial charge in [-0.15, -0.1) is 11.3 Å². The number of aryl methyl sites for hydroxylation is 2. The number of oxazole rings is 1. The number of halogens is 1. The average molecular weight is 428 g/mol. The zero-order valence-corrected chi connectivity index (χ0v) is 17.2. The van der Waals surface area contributed by atoms with Gasteiger partial charge in [-0.3, -0.25) is 9.36 Å². The highest BCUT2D eigenvalue weighted by Gasteiger charge is 2.12. The summed E-state index contributed by atoms with van der Waals surface area (Å²) in [6.45, 7) is 2.26. The first-order valence-electron chi connectivity index (χ1n) is 9.07. The van der Waals surface area contributed by atoms with Gasteiger partial charge in [-0.05, 0) is 24.6 Å². The van der Waals surface area contributed by atoms with Crippen LogP contribution in [0, 0.1) is 6.92 Å². The van der Waals surface area contributed by atoms with Crippen LogP contribution in [0.3, 0.4) is 0 Å². The van der Waals surface area contributed by atoms with Crippen molar-refractivity contribution in [2.45, 2.75) is 26.3 Å². The molecule has 2 aromatic heterocycles. The molecular weight excluding hydrogens is 410 g/mol. The van der Waals surface area contributed by atoms with Gasteiger partial charge in [-0.1, -0.05) is 41.4 Å². The first kappa shape index (κ1) is 19.4. The Balaban J connectivity index is 1.37. The summed E-state index contributed by atoms with van der Waals surface area (Å²) in [5.74, 6) is -0.721. The second-order valence-corrected chi connectivity index (χ2v) is 8.28. The summed E-state index contributed by atoms with van der Waals surface area (Å²) >= 11 is 7.36. The number of anilines is 1. The third-order valence-corrected chi connectivity index (χ3v) is 5.64. The Hall–Kier alpha value is -2.90. The highest BCUT2D eigenvalue weighted by Crippen LogP contribution is 2.22. The summed E-state index contributed by atoms with van der Waals surface area (Å²) in [5, 5.41) is 3.83. The van der Waals surface area contributed by atoms with E-state index in [-0.39, 0.29) is 18.9 Å². The van der Waals surface area contributed by atoms with E-state index >= 15 is 0 Å². The van der Waals surface area contributed by atoms with Gasteiger partial charge in [0.1, 0.15) is 0 Å². The second kappa shape index (κ2) is 8.23. The zero-order chi connectivity index (χ0) is 20.4. The minimum atomic E-state index is -0.510. The number of nitrogens with one attached hydrogen (secondary N) is 1. The number of fused-ring (bicyclic) bond motifs is 1. The molecule has 0 aliphatic carbocycles. The van der Waals surface area contributed by atoms with E-state index in [1.807, 2.05) is 0 Å². The number of hydrogen-bond donors (Lipinski definition) is 1. The van der Waals surface area contributed by atoms with Gasteiger partial charge in [0.05, 0.1) is 5.52 Å². The number of thiazole rings is 1. The minimum absolute atomic E-state index is 0.129. The Morgan fingerprint density at radius 1 is 1.24 bits per heavy atom. The fraction of sp³-hybridized carbons (Fsp3) is 0.190. The molecule has 8 heteroatoms. The summed E-state index contributed by atoms with van der Waals surface area (Å²) in [4.78, 5) is 29.7. The Morgan fingerprint density at radius 2 is 2.03 bits per heavy atom. The topological polar surface area (TPSA) is 77.1 Å². The lowest BCUT2D eigenvalue weighted by molar-refractivity contribution is -0.116. The number of rotatable bonds is 6. The summed E-state index contributed by atoms with van der Waals surface area (Å²) in [5.41, 5.74) is 3.44. The van der Waals surface area contributed by atoms with Gasteiger partial charge in [-0.2, -0.15) is 0 Å². The number of carbonyl (C=O) groups excluding carboxylic acids is 1. The molecule has 1 amide bonds. The molecule has 29 heavy (non-hydrogen) atoms. The van der Waals surface area contributed by atoms with E-state index < -0.39 is 5.76 Å². The lowest BCUT2D eigenvalue weighted by Crippen LogP contribution is -2.19. The van der Waals surface area contributed by atoms with Crippen molar-refractivity contribution in [1.29, 1.82) is 0 Å². The Labute approximate surface area is 175 Å². The number of aromatic nitrogens is 2. The average Bonchev–Trinajstić information content (AvgIpc) is 3.24.